The summed E-state index contributed by atoms with van der Waals surface area (Å²) in [6, 6.07) is 12.9. The summed E-state index contributed by atoms with van der Waals surface area (Å²) in [6.45, 7) is 7.76. The third kappa shape index (κ3) is 3.49. The number of para-hydroxylation sites is 1. The molecule has 1 amide bonds. The van der Waals surface area contributed by atoms with Crippen molar-refractivity contribution in [3.8, 4) is 0 Å². The lowest BCUT2D eigenvalue weighted by Gasteiger charge is -2.44. The largest absolute Gasteiger partial charge is 0.469 e. The molecular weight excluding hydrogens is 326 g/mol. The first-order chi connectivity index (χ1) is 12.7. The summed E-state index contributed by atoms with van der Waals surface area (Å²) in [5, 5.41) is 0. The van der Waals surface area contributed by atoms with E-state index in [1.54, 1.807) is 12.3 Å². The molecule has 0 saturated carbocycles. The molecule has 0 aliphatic carbocycles. The molecule has 1 atom stereocenters. The SMILES string of the molecule is Cc1occc1C(=O)N1CCC[C@@H](N2CCN(c3ccccc3)CC2)C1. The lowest BCUT2D eigenvalue weighted by atomic mass is 10.0. The van der Waals surface area contributed by atoms with Gasteiger partial charge in [0.25, 0.3) is 5.91 Å². The molecule has 0 radical (unpaired) electrons. The first kappa shape index (κ1) is 17.2. The molecule has 1 aromatic carbocycles. The molecule has 2 fully saturated rings. The minimum atomic E-state index is 0.115. The Hall–Kier alpha value is -2.27. The summed E-state index contributed by atoms with van der Waals surface area (Å²) in [4.78, 5) is 19.8. The summed E-state index contributed by atoms with van der Waals surface area (Å²) < 4.78 is 5.31. The van der Waals surface area contributed by atoms with E-state index in [2.05, 4.69) is 40.1 Å². The highest BCUT2D eigenvalue weighted by Gasteiger charge is 2.31. The number of carbonyl (C=O) groups is 1. The number of piperidine rings is 1. The molecular formula is C21H27N3O2. The molecule has 26 heavy (non-hydrogen) atoms. The first-order valence-electron chi connectivity index (χ1n) is 9.60. The first-order valence-corrected chi connectivity index (χ1v) is 9.60. The molecule has 3 heterocycles. The average molecular weight is 353 g/mol. The maximum Gasteiger partial charge on any atom is 0.257 e. The minimum Gasteiger partial charge on any atom is -0.469 e. The fourth-order valence-corrected chi connectivity index (χ4v) is 4.20. The molecule has 2 aliphatic rings. The molecule has 2 aliphatic heterocycles. The van der Waals surface area contributed by atoms with Crippen LogP contribution >= 0.6 is 0 Å². The number of amides is 1. The van der Waals surface area contributed by atoms with E-state index in [0.29, 0.717) is 17.4 Å². The van der Waals surface area contributed by atoms with Crippen molar-refractivity contribution in [3.05, 3.63) is 54.0 Å². The van der Waals surface area contributed by atoms with Crippen molar-refractivity contribution in [3.63, 3.8) is 0 Å². The molecule has 4 rings (SSSR count). The number of rotatable bonds is 3. The third-order valence-electron chi connectivity index (χ3n) is 5.72. The molecule has 2 saturated heterocycles. The Morgan fingerprint density at radius 2 is 1.81 bits per heavy atom. The highest BCUT2D eigenvalue weighted by molar-refractivity contribution is 5.95. The summed E-state index contributed by atoms with van der Waals surface area (Å²) in [6.07, 6.45) is 3.86. The number of hydrogen-bond acceptors (Lipinski definition) is 4. The second kappa shape index (κ2) is 7.54. The predicted octanol–water partition coefficient (Wildman–Crippen LogP) is 3.01. The maximum atomic E-state index is 12.8. The zero-order valence-electron chi connectivity index (χ0n) is 15.4. The Morgan fingerprint density at radius 3 is 2.50 bits per heavy atom. The molecule has 0 spiro atoms. The molecule has 138 valence electrons. The molecule has 0 unspecified atom stereocenters. The Morgan fingerprint density at radius 1 is 1.04 bits per heavy atom. The lowest BCUT2D eigenvalue weighted by molar-refractivity contribution is 0.0562. The number of anilines is 1. The van der Waals surface area contributed by atoms with Gasteiger partial charge in [0.15, 0.2) is 0 Å². The van der Waals surface area contributed by atoms with Crippen LogP contribution in [0.2, 0.25) is 0 Å². The van der Waals surface area contributed by atoms with Crippen molar-refractivity contribution in [1.29, 1.82) is 0 Å². The Balaban J connectivity index is 1.35. The van der Waals surface area contributed by atoms with Crippen LogP contribution in [0, 0.1) is 6.92 Å². The highest BCUT2D eigenvalue weighted by atomic mass is 16.3. The number of aryl methyl sites for hydroxylation is 1. The zero-order valence-corrected chi connectivity index (χ0v) is 15.4. The Kier molecular flexibility index (Phi) is 4.98. The van der Waals surface area contributed by atoms with E-state index >= 15 is 0 Å². The molecule has 1 aromatic heterocycles. The van der Waals surface area contributed by atoms with Gasteiger partial charge in [-0.15, -0.1) is 0 Å². The molecule has 0 N–H and O–H groups in total. The van der Waals surface area contributed by atoms with Crippen molar-refractivity contribution in [2.75, 3.05) is 44.2 Å². The smallest absolute Gasteiger partial charge is 0.257 e. The van der Waals surface area contributed by atoms with Gasteiger partial charge in [0.1, 0.15) is 5.76 Å². The van der Waals surface area contributed by atoms with Crippen molar-refractivity contribution < 1.29 is 9.21 Å². The van der Waals surface area contributed by atoms with Crippen LogP contribution in [0.25, 0.3) is 0 Å². The molecule has 2 aromatic rings. The van der Waals surface area contributed by atoms with Crippen LogP contribution in [0.15, 0.2) is 47.1 Å². The van der Waals surface area contributed by atoms with E-state index in [9.17, 15) is 4.79 Å². The van der Waals surface area contributed by atoms with E-state index in [0.717, 1.165) is 45.7 Å². The van der Waals surface area contributed by atoms with Crippen LogP contribution in [0.1, 0.15) is 29.0 Å². The second-order valence-corrected chi connectivity index (χ2v) is 7.30. The maximum absolute atomic E-state index is 12.8. The fraction of sp³-hybridized carbons (Fsp3) is 0.476. The molecule has 5 heteroatoms. The topological polar surface area (TPSA) is 39.9 Å². The minimum absolute atomic E-state index is 0.115. The molecule has 0 bridgehead atoms. The number of piperazine rings is 1. The Labute approximate surface area is 155 Å². The van der Waals surface area contributed by atoms with Gasteiger partial charge >= 0.3 is 0 Å². The standard InChI is InChI=1S/C21H27N3O2/c1-17-20(9-15-26-17)21(25)24-10-5-8-19(16-24)23-13-11-22(12-14-23)18-6-3-2-4-7-18/h2-4,6-7,9,15,19H,5,8,10-14,16H2,1H3/t19-/m1/s1. The van der Waals surface area contributed by atoms with Gasteiger partial charge in [0.2, 0.25) is 0 Å². The van der Waals surface area contributed by atoms with Crippen molar-refractivity contribution in [2.24, 2.45) is 0 Å². The third-order valence-corrected chi connectivity index (χ3v) is 5.72. The number of nitrogens with zero attached hydrogens (tertiary/aromatic N) is 3. The quantitative estimate of drug-likeness (QED) is 0.850. The van der Waals surface area contributed by atoms with Crippen LogP contribution < -0.4 is 4.90 Å². The monoisotopic (exact) mass is 353 g/mol. The van der Waals surface area contributed by atoms with Crippen LogP contribution in [0.4, 0.5) is 5.69 Å². The van der Waals surface area contributed by atoms with E-state index in [-0.39, 0.29) is 5.91 Å². The summed E-state index contributed by atoms with van der Waals surface area (Å²) >= 11 is 0. The number of hydrogen-bond donors (Lipinski definition) is 0. The number of furan rings is 1. The Bertz CT molecular complexity index is 735. The van der Waals surface area contributed by atoms with E-state index < -0.39 is 0 Å². The van der Waals surface area contributed by atoms with Crippen LogP contribution in [-0.4, -0.2) is 61.0 Å². The van der Waals surface area contributed by atoms with Crippen molar-refractivity contribution >= 4 is 11.6 Å². The van der Waals surface area contributed by atoms with Crippen molar-refractivity contribution in [1.82, 2.24) is 9.80 Å². The normalized spacial score (nSPS) is 21.8. The fourth-order valence-electron chi connectivity index (χ4n) is 4.20. The van der Waals surface area contributed by atoms with Gasteiger partial charge < -0.3 is 14.2 Å². The van der Waals surface area contributed by atoms with Gasteiger partial charge in [-0.3, -0.25) is 9.69 Å². The number of likely N-dealkylation sites (tertiary alicyclic amines) is 1. The van der Waals surface area contributed by atoms with Gasteiger partial charge in [-0.05, 0) is 38.0 Å². The lowest BCUT2D eigenvalue weighted by Crippen LogP contribution is -2.55. The number of benzene rings is 1. The number of carbonyl (C=O) groups excluding carboxylic acids is 1. The average Bonchev–Trinajstić information content (AvgIpc) is 3.14. The van der Waals surface area contributed by atoms with Gasteiger partial charge in [-0.25, -0.2) is 0 Å². The van der Waals surface area contributed by atoms with Crippen LogP contribution in [0.5, 0.6) is 0 Å². The van der Waals surface area contributed by atoms with Gasteiger partial charge in [-0.2, -0.15) is 0 Å². The highest BCUT2D eigenvalue weighted by Crippen LogP contribution is 2.22. The van der Waals surface area contributed by atoms with Gasteiger partial charge in [0.05, 0.1) is 11.8 Å². The van der Waals surface area contributed by atoms with Crippen LogP contribution in [0.3, 0.4) is 0 Å². The van der Waals surface area contributed by atoms with Crippen LogP contribution in [-0.2, 0) is 0 Å². The second-order valence-electron chi connectivity index (χ2n) is 7.30. The van der Waals surface area contributed by atoms with E-state index in [4.69, 9.17) is 4.42 Å². The van der Waals surface area contributed by atoms with Gasteiger partial charge in [0, 0.05) is 51.0 Å². The van der Waals surface area contributed by atoms with E-state index in [1.807, 2.05) is 11.8 Å². The van der Waals surface area contributed by atoms with E-state index in [1.165, 1.54) is 12.1 Å². The zero-order chi connectivity index (χ0) is 17.9. The summed E-state index contributed by atoms with van der Waals surface area (Å²) in [5.74, 6) is 0.831. The molecule has 5 nitrogen and oxygen atoms in total. The summed E-state index contributed by atoms with van der Waals surface area (Å²) in [5.41, 5.74) is 2.02. The van der Waals surface area contributed by atoms with Gasteiger partial charge in [-0.1, -0.05) is 18.2 Å². The summed E-state index contributed by atoms with van der Waals surface area (Å²) in [7, 11) is 0. The predicted molar refractivity (Wildman–Crippen MR) is 103 cm³/mol. The van der Waals surface area contributed by atoms with Crippen molar-refractivity contribution in [2.45, 2.75) is 25.8 Å².